The number of aliphatic imine (C=N–C) groups is 1. The van der Waals surface area contributed by atoms with Gasteiger partial charge in [-0.3, -0.25) is 9.79 Å². The summed E-state index contributed by atoms with van der Waals surface area (Å²) in [7, 11) is 0. The SMILES string of the molecule is CCNC(=NCC1(C)COC1)NC1CCN(C(=O)C2CCCCC2)C1. The zero-order valence-corrected chi connectivity index (χ0v) is 15.9. The molecule has 0 bridgehead atoms. The molecule has 142 valence electrons. The second-order valence-corrected chi connectivity index (χ2v) is 8.25. The predicted molar refractivity (Wildman–Crippen MR) is 99.6 cm³/mol. The molecule has 3 rings (SSSR count). The summed E-state index contributed by atoms with van der Waals surface area (Å²) in [5.74, 6) is 1.52. The number of carbonyl (C=O) groups excluding carboxylic acids is 1. The van der Waals surface area contributed by atoms with Crippen molar-refractivity contribution in [2.24, 2.45) is 16.3 Å². The van der Waals surface area contributed by atoms with E-state index in [-0.39, 0.29) is 11.3 Å². The number of likely N-dealkylation sites (tertiary alicyclic amines) is 1. The van der Waals surface area contributed by atoms with Crippen LogP contribution in [-0.4, -0.2) is 62.2 Å². The molecule has 0 aromatic rings. The first-order chi connectivity index (χ1) is 12.1. The van der Waals surface area contributed by atoms with Crippen molar-refractivity contribution in [3.8, 4) is 0 Å². The molecule has 6 nitrogen and oxygen atoms in total. The first-order valence-electron chi connectivity index (χ1n) is 10.0. The van der Waals surface area contributed by atoms with Crippen LogP contribution in [0.15, 0.2) is 4.99 Å². The number of ether oxygens (including phenoxy) is 1. The molecule has 1 unspecified atom stereocenters. The fourth-order valence-corrected chi connectivity index (χ4v) is 4.01. The lowest BCUT2D eigenvalue weighted by Gasteiger charge is -2.36. The van der Waals surface area contributed by atoms with Crippen LogP contribution < -0.4 is 10.6 Å². The third-order valence-corrected chi connectivity index (χ3v) is 5.66. The largest absolute Gasteiger partial charge is 0.380 e. The molecule has 1 aliphatic carbocycles. The van der Waals surface area contributed by atoms with Gasteiger partial charge in [-0.2, -0.15) is 0 Å². The molecular formula is C19H34N4O2. The van der Waals surface area contributed by atoms with Gasteiger partial charge in [0.25, 0.3) is 0 Å². The highest BCUT2D eigenvalue weighted by Gasteiger charge is 2.34. The van der Waals surface area contributed by atoms with Crippen molar-refractivity contribution in [2.45, 2.75) is 58.4 Å². The van der Waals surface area contributed by atoms with Crippen LogP contribution in [0.5, 0.6) is 0 Å². The third-order valence-electron chi connectivity index (χ3n) is 5.66. The van der Waals surface area contributed by atoms with Gasteiger partial charge in [0.2, 0.25) is 5.91 Å². The van der Waals surface area contributed by atoms with Gasteiger partial charge in [0.15, 0.2) is 5.96 Å². The Hall–Kier alpha value is -1.30. The van der Waals surface area contributed by atoms with Gasteiger partial charge in [0.05, 0.1) is 19.8 Å². The molecular weight excluding hydrogens is 316 g/mol. The Labute approximate surface area is 151 Å². The summed E-state index contributed by atoms with van der Waals surface area (Å²) < 4.78 is 5.31. The smallest absolute Gasteiger partial charge is 0.225 e. The molecule has 6 heteroatoms. The maximum atomic E-state index is 12.7. The van der Waals surface area contributed by atoms with Gasteiger partial charge >= 0.3 is 0 Å². The van der Waals surface area contributed by atoms with Gasteiger partial charge in [-0.25, -0.2) is 0 Å². The van der Waals surface area contributed by atoms with Crippen molar-refractivity contribution in [3.63, 3.8) is 0 Å². The fraction of sp³-hybridized carbons (Fsp3) is 0.895. The monoisotopic (exact) mass is 350 g/mol. The predicted octanol–water partition coefficient (Wildman–Crippen LogP) is 1.76. The summed E-state index contributed by atoms with van der Waals surface area (Å²) in [6.07, 6.45) is 6.89. The lowest BCUT2D eigenvalue weighted by molar-refractivity contribution is -0.135. The van der Waals surface area contributed by atoms with Crippen LogP contribution in [0, 0.1) is 11.3 Å². The molecule has 1 amide bonds. The summed E-state index contributed by atoms with van der Waals surface area (Å²) in [5.41, 5.74) is 0.182. The lowest BCUT2D eigenvalue weighted by atomic mass is 9.88. The first kappa shape index (κ1) is 18.5. The van der Waals surface area contributed by atoms with E-state index < -0.39 is 0 Å². The quantitative estimate of drug-likeness (QED) is 0.586. The van der Waals surface area contributed by atoms with Gasteiger partial charge < -0.3 is 20.3 Å². The molecule has 2 aliphatic heterocycles. The Morgan fingerprint density at radius 3 is 2.64 bits per heavy atom. The molecule has 25 heavy (non-hydrogen) atoms. The number of nitrogens with one attached hydrogen (secondary N) is 2. The standard InChI is InChI=1S/C19H34N4O2/c1-3-20-18(21-12-19(2)13-25-14-19)22-16-9-10-23(11-16)17(24)15-7-5-4-6-8-15/h15-16H,3-14H2,1-2H3,(H2,20,21,22). The van der Waals surface area contributed by atoms with Gasteiger partial charge in [0, 0.05) is 37.0 Å². The topological polar surface area (TPSA) is 66.0 Å². The van der Waals surface area contributed by atoms with E-state index in [4.69, 9.17) is 9.73 Å². The highest BCUT2D eigenvalue weighted by atomic mass is 16.5. The fourth-order valence-electron chi connectivity index (χ4n) is 4.01. The lowest BCUT2D eigenvalue weighted by Crippen LogP contribution is -2.47. The van der Waals surface area contributed by atoms with Crippen molar-refractivity contribution in [3.05, 3.63) is 0 Å². The number of nitrogens with zero attached hydrogens (tertiary/aromatic N) is 2. The minimum atomic E-state index is 0.182. The highest BCUT2D eigenvalue weighted by Crippen LogP contribution is 2.27. The molecule has 2 saturated heterocycles. The summed E-state index contributed by atoms with van der Waals surface area (Å²) in [5, 5.41) is 6.86. The van der Waals surface area contributed by atoms with E-state index in [1.807, 2.05) is 0 Å². The zero-order valence-electron chi connectivity index (χ0n) is 15.9. The second kappa shape index (κ2) is 8.39. The maximum absolute atomic E-state index is 12.7. The molecule has 0 spiro atoms. The van der Waals surface area contributed by atoms with Crippen LogP contribution in [0.4, 0.5) is 0 Å². The van der Waals surface area contributed by atoms with Crippen molar-refractivity contribution in [2.75, 3.05) is 39.4 Å². The zero-order chi connectivity index (χ0) is 17.7. The minimum absolute atomic E-state index is 0.182. The van der Waals surface area contributed by atoms with Crippen molar-refractivity contribution in [1.29, 1.82) is 0 Å². The van der Waals surface area contributed by atoms with E-state index in [2.05, 4.69) is 29.4 Å². The van der Waals surface area contributed by atoms with Crippen molar-refractivity contribution < 1.29 is 9.53 Å². The van der Waals surface area contributed by atoms with Crippen molar-refractivity contribution >= 4 is 11.9 Å². The van der Waals surface area contributed by atoms with E-state index in [1.54, 1.807) is 0 Å². The van der Waals surface area contributed by atoms with Gasteiger partial charge in [0.1, 0.15) is 0 Å². The van der Waals surface area contributed by atoms with E-state index in [0.717, 1.165) is 64.6 Å². The third kappa shape index (κ3) is 4.87. The van der Waals surface area contributed by atoms with Gasteiger partial charge in [-0.05, 0) is 26.2 Å². The maximum Gasteiger partial charge on any atom is 0.225 e. The molecule has 1 atom stereocenters. The Kier molecular flexibility index (Phi) is 6.20. The van der Waals surface area contributed by atoms with Crippen LogP contribution in [0.3, 0.4) is 0 Å². The van der Waals surface area contributed by atoms with E-state index in [1.165, 1.54) is 19.3 Å². The first-order valence-corrected chi connectivity index (χ1v) is 10.0. The molecule has 0 aromatic carbocycles. The Balaban J connectivity index is 1.49. The number of hydrogen-bond acceptors (Lipinski definition) is 3. The molecule has 1 saturated carbocycles. The summed E-state index contributed by atoms with van der Waals surface area (Å²) in [6.45, 7) is 9.18. The molecule has 3 fully saturated rings. The van der Waals surface area contributed by atoms with E-state index >= 15 is 0 Å². The van der Waals surface area contributed by atoms with Crippen LogP contribution in [-0.2, 0) is 9.53 Å². The average molecular weight is 351 g/mol. The van der Waals surface area contributed by atoms with Crippen LogP contribution in [0.25, 0.3) is 0 Å². The number of amides is 1. The van der Waals surface area contributed by atoms with E-state index in [0.29, 0.717) is 11.9 Å². The molecule has 2 heterocycles. The molecule has 0 aromatic heterocycles. The number of guanidine groups is 1. The Morgan fingerprint density at radius 1 is 1.24 bits per heavy atom. The molecule has 3 aliphatic rings. The molecule has 0 radical (unpaired) electrons. The number of hydrogen-bond donors (Lipinski definition) is 2. The second-order valence-electron chi connectivity index (χ2n) is 8.25. The summed E-state index contributed by atoms with van der Waals surface area (Å²) in [4.78, 5) is 19.5. The number of rotatable bonds is 5. The van der Waals surface area contributed by atoms with E-state index in [9.17, 15) is 4.79 Å². The molecule has 2 N–H and O–H groups in total. The van der Waals surface area contributed by atoms with Crippen LogP contribution >= 0.6 is 0 Å². The average Bonchev–Trinajstić information content (AvgIpc) is 3.07. The summed E-state index contributed by atoms with van der Waals surface area (Å²) >= 11 is 0. The van der Waals surface area contributed by atoms with Crippen LogP contribution in [0.2, 0.25) is 0 Å². The van der Waals surface area contributed by atoms with Gasteiger partial charge in [-0.15, -0.1) is 0 Å². The normalized spacial score (nSPS) is 27.0. The van der Waals surface area contributed by atoms with Crippen LogP contribution in [0.1, 0.15) is 52.4 Å². The summed E-state index contributed by atoms with van der Waals surface area (Å²) in [6, 6.07) is 0.302. The number of carbonyl (C=O) groups is 1. The Bertz CT molecular complexity index is 484. The minimum Gasteiger partial charge on any atom is -0.380 e. The van der Waals surface area contributed by atoms with Crippen molar-refractivity contribution in [1.82, 2.24) is 15.5 Å². The Morgan fingerprint density at radius 2 is 2.00 bits per heavy atom. The van der Waals surface area contributed by atoms with Gasteiger partial charge in [-0.1, -0.05) is 26.2 Å². The highest BCUT2D eigenvalue weighted by molar-refractivity contribution is 5.81.